The van der Waals surface area contributed by atoms with Gasteiger partial charge in [0.25, 0.3) is 5.91 Å². The van der Waals surface area contributed by atoms with Crippen LogP contribution in [-0.4, -0.2) is 23.2 Å². The van der Waals surface area contributed by atoms with E-state index in [1.54, 1.807) is 6.92 Å². The summed E-state index contributed by atoms with van der Waals surface area (Å²) in [6.07, 6.45) is 0.560. The van der Waals surface area contributed by atoms with Crippen molar-refractivity contribution in [3.63, 3.8) is 0 Å². The molecule has 5 heteroatoms. The fourth-order valence-electron chi connectivity index (χ4n) is 1.31. The standard InChI is InChI=1S/C12H17FN2O2/c1-3-12(2,7-16)15-11(17)9-6-8(13)4-5-10(9)14/h4-6,16H,3,7,14H2,1-2H3,(H,15,17). The van der Waals surface area contributed by atoms with E-state index in [1.807, 2.05) is 6.92 Å². The highest BCUT2D eigenvalue weighted by atomic mass is 19.1. The summed E-state index contributed by atoms with van der Waals surface area (Å²) in [5, 5.41) is 11.8. The number of carbonyl (C=O) groups excluding carboxylic acids is 1. The quantitative estimate of drug-likeness (QED) is 0.694. The number of nitrogen functional groups attached to an aromatic ring is 1. The van der Waals surface area contributed by atoms with Gasteiger partial charge >= 0.3 is 0 Å². The van der Waals surface area contributed by atoms with Crippen LogP contribution in [0.1, 0.15) is 30.6 Å². The van der Waals surface area contributed by atoms with Gasteiger partial charge in [-0.05, 0) is 31.5 Å². The van der Waals surface area contributed by atoms with Crippen molar-refractivity contribution in [2.24, 2.45) is 0 Å². The Morgan fingerprint density at radius 3 is 2.76 bits per heavy atom. The molecule has 0 fully saturated rings. The van der Waals surface area contributed by atoms with E-state index in [0.29, 0.717) is 6.42 Å². The molecule has 0 aliphatic heterocycles. The Morgan fingerprint density at radius 1 is 1.59 bits per heavy atom. The lowest BCUT2D eigenvalue weighted by atomic mass is 9.99. The van der Waals surface area contributed by atoms with Crippen LogP contribution in [0.2, 0.25) is 0 Å². The van der Waals surface area contributed by atoms with Crippen molar-refractivity contribution in [3.05, 3.63) is 29.6 Å². The maximum absolute atomic E-state index is 13.0. The zero-order chi connectivity index (χ0) is 13.1. The number of hydrogen-bond acceptors (Lipinski definition) is 3. The van der Waals surface area contributed by atoms with Crippen LogP contribution in [0.4, 0.5) is 10.1 Å². The van der Waals surface area contributed by atoms with E-state index in [0.717, 1.165) is 6.07 Å². The van der Waals surface area contributed by atoms with Crippen LogP contribution in [0.3, 0.4) is 0 Å². The van der Waals surface area contributed by atoms with Gasteiger partial charge in [-0.1, -0.05) is 6.92 Å². The van der Waals surface area contributed by atoms with Gasteiger partial charge in [0.05, 0.1) is 17.7 Å². The number of carbonyl (C=O) groups is 1. The van der Waals surface area contributed by atoms with Crippen molar-refractivity contribution in [2.45, 2.75) is 25.8 Å². The van der Waals surface area contributed by atoms with Gasteiger partial charge in [0.1, 0.15) is 5.82 Å². The minimum Gasteiger partial charge on any atom is -0.398 e. The number of hydrogen-bond donors (Lipinski definition) is 3. The topological polar surface area (TPSA) is 75.3 Å². The molecular formula is C12H17FN2O2. The summed E-state index contributed by atoms with van der Waals surface area (Å²) in [5.74, 6) is -1.01. The molecule has 1 amide bonds. The van der Waals surface area contributed by atoms with E-state index in [9.17, 15) is 14.3 Å². The predicted molar refractivity (Wildman–Crippen MR) is 64.1 cm³/mol. The molecule has 1 rings (SSSR count). The highest BCUT2D eigenvalue weighted by molar-refractivity contribution is 5.99. The lowest BCUT2D eigenvalue weighted by Crippen LogP contribution is -2.48. The molecule has 94 valence electrons. The number of rotatable bonds is 4. The van der Waals surface area contributed by atoms with Gasteiger partial charge in [-0.3, -0.25) is 4.79 Å². The van der Waals surface area contributed by atoms with Gasteiger partial charge in [0.15, 0.2) is 0 Å². The van der Waals surface area contributed by atoms with Crippen LogP contribution in [0, 0.1) is 5.82 Å². The van der Waals surface area contributed by atoms with Gasteiger partial charge in [-0.2, -0.15) is 0 Å². The third-order valence-corrected chi connectivity index (χ3v) is 2.80. The lowest BCUT2D eigenvalue weighted by molar-refractivity contribution is 0.0848. The van der Waals surface area contributed by atoms with E-state index in [1.165, 1.54) is 12.1 Å². The molecule has 0 aliphatic rings. The Hall–Kier alpha value is -1.62. The molecule has 0 aromatic heterocycles. The minimum atomic E-state index is -0.726. The van der Waals surface area contributed by atoms with Crippen molar-refractivity contribution in [2.75, 3.05) is 12.3 Å². The van der Waals surface area contributed by atoms with Crippen molar-refractivity contribution in [3.8, 4) is 0 Å². The summed E-state index contributed by atoms with van der Waals surface area (Å²) < 4.78 is 13.0. The molecule has 0 bridgehead atoms. The molecular weight excluding hydrogens is 223 g/mol. The van der Waals surface area contributed by atoms with Gasteiger partial charge in [0, 0.05) is 5.69 Å². The highest BCUT2D eigenvalue weighted by Gasteiger charge is 2.24. The number of anilines is 1. The van der Waals surface area contributed by atoms with E-state index in [4.69, 9.17) is 5.73 Å². The molecule has 0 spiro atoms. The van der Waals surface area contributed by atoms with Crippen molar-refractivity contribution in [1.82, 2.24) is 5.32 Å². The highest BCUT2D eigenvalue weighted by Crippen LogP contribution is 2.16. The molecule has 0 aliphatic carbocycles. The van der Waals surface area contributed by atoms with E-state index in [2.05, 4.69) is 5.32 Å². The monoisotopic (exact) mass is 240 g/mol. The van der Waals surface area contributed by atoms with Crippen LogP contribution >= 0.6 is 0 Å². The molecule has 17 heavy (non-hydrogen) atoms. The largest absolute Gasteiger partial charge is 0.398 e. The third kappa shape index (κ3) is 3.17. The number of aliphatic hydroxyl groups is 1. The SMILES string of the molecule is CCC(C)(CO)NC(=O)c1cc(F)ccc1N. The van der Waals surface area contributed by atoms with Crippen molar-refractivity contribution < 1.29 is 14.3 Å². The Kier molecular flexibility index (Phi) is 4.07. The van der Waals surface area contributed by atoms with E-state index >= 15 is 0 Å². The number of aliphatic hydroxyl groups excluding tert-OH is 1. The average molecular weight is 240 g/mol. The summed E-state index contributed by atoms with van der Waals surface area (Å²) in [5.41, 5.74) is 5.17. The Labute approximate surface area is 99.6 Å². The minimum absolute atomic E-state index is 0.0816. The third-order valence-electron chi connectivity index (χ3n) is 2.80. The Morgan fingerprint density at radius 2 is 2.24 bits per heavy atom. The molecule has 0 saturated carbocycles. The van der Waals surface area contributed by atoms with Crippen LogP contribution in [0.15, 0.2) is 18.2 Å². The molecule has 1 aromatic carbocycles. The smallest absolute Gasteiger partial charge is 0.253 e. The number of benzene rings is 1. The Balaban J connectivity index is 2.94. The van der Waals surface area contributed by atoms with Gasteiger partial charge in [-0.15, -0.1) is 0 Å². The van der Waals surface area contributed by atoms with Gasteiger partial charge in [0.2, 0.25) is 0 Å². The second-order valence-corrected chi connectivity index (χ2v) is 4.26. The first kappa shape index (κ1) is 13.4. The average Bonchev–Trinajstić information content (AvgIpc) is 2.32. The van der Waals surface area contributed by atoms with Gasteiger partial charge < -0.3 is 16.2 Å². The normalized spacial score (nSPS) is 14.1. The molecule has 0 saturated heterocycles. The zero-order valence-electron chi connectivity index (χ0n) is 9.96. The second-order valence-electron chi connectivity index (χ2n) is 4.26. The number of nitrogens with one attached hydrogen (secondary N) is 1. The number of amides is 1. The van der Waals surface area contributed by atoms with Crippen LogP contribution in [0.5, 0.6) is 0 Å². The molecule has 1 atom stereocenters. The number of halogens is 1. The Bertz CT molecular complexity index is 417. The molecule has 4 nitrogen and oxygen atoms in total. The first-order valence-corrected chi connectivity index (χ1v) is 5.40. The van der Waals surface area contributed by atoms with E-state index < -0.39 is 17.3 Å². The van der Waals surface area contributed by atoms with Crippen LogP contribution in [0.25, 0.3) is 0 Å². The van der Waals surface area contributed by atoms with Crippen molar-refractivity contribution in [1.29, 1.82) is 0 Å². The maximum Gasteiger partial charge on any atom is 0.253 e. The summed E-state index contributed by atoms with van der Waals surface area (Å²) in [6, 6.07) is 3.61. The van der Waals surface area contributed by atoms with E-state index in [-0.39, 0.29) is 17.9 Å². The summed E-state index contributed by atoms with van der Waals surface area (Å²) in [4.78, 5) is 11.9. The fraction of sp³-hybridized carbons (Fsp3) is 0.417. The predicted octanol–water partition coefficient (Wildman–Crippen LogP) is 1.30. The molecule has 4 N–H and O–H groups in total. The number of nitrogens with two attached hydrogens (primary N) is 1. The van der Waals surface area contributed by atoms with Crippen LogP contribution < -0.4 is 11.1 Å². The lowest BCUT2D eigenvalue weighted by Gasteiger charge is -2.27. The van der Waals surface area contributed by atoms with Gasteiger partial charge in [-0.25, -0.2) is 4.39 Å². The maximum atomic E-state index is 13.0. The zero-order valence-corrected chi connectivity index (χ0v) is 9.96. The van der Waals surface area contributed by atoms with Crippen LogP contribution in [-0.2, 0) is 0 Å². The first-order chi connectivity index (χ1) is 7.91. The first-order valence-electron chi connectivity index (χ1n) is 5.40. The molecule has 1 aromatic rings. The molecule has 0 radical (unpaired) electrons. The second kappa shape index (κ2) is 5.14. The van der Waals surface area contributed by atoms with Crippen molar-refractivity contribution >= 4 is 11.6 Å². The molecule has 0 heterocycles. The fourth-order valence-corrected chi connectivity index (χ4v) is 1.31. The summed E-state index contributed by atoms with van der Waals surface area (Å²) in [7, 11) is 0. The summed E-state index contributed by atoms with van der Waals surface area (Å²) in [6.45, 7) is 3.36. The molecule has 1 unspecified atom stereocenters. The summed E-state index contributed by atoms with van der Waals surface area (Å²) >= 11 is 0.